The lowest BCUT2D eigenvalue weighted by atomic mass is 10.2. The van der Waals surface area contributed by atoms with Crippen molar-refractivity contribution in [2.24, 2.45) is 5.92 Å². The van der Waals surface area contributed by atoms with Gasteiger partial charge in [-0.15, -0.1) is 0 Å². The first-order valence-corrected chi connectivity index (χ1v) is 6.41. The lowest BCUT2D eigenvalue weighted by Gasteiger charge is -2.23. The maximum Gasteiger partial charge on any atom is 0.323 e. The highest BCUT2D eigenvalue weighted by Gasteiger charge is 2.26. The minimum atomic E-state index is -0.818. The summed E-state index contributed by atoms with van der Waals surface area (Å²) in [6.07, 6.45) is 4.03. The Balaban J connectivity index is 2.00. The predicted molar refractivity (Wildman–Crippen MR) is 72.1 cm³/mol. The number of anilines is 1. The number of aliphatic carboxylic acids is 1. The molecule has 98 valence electrons. The van der Waals surface area contributed by atoms with Gasteiger partial charge in [0, 0.05) is 11.9 Å². The van der Waals surface area contributed by atoms with Gasteiger partial charge in [-0.25, -0.2) is 0 Å². The maximum absolute atomic E-state index is 11.0. The molecule has 0 bridgehead atoms. The first-order chi connectivity index (χ1) is 9.24. The first kappa shape index (κ1) is 11.9. The summed E-state index contributed by atoms with van der Waals surface area (Å²) >= 11 is 0. The minimum absolute atomic E-state index is 0.00614. The molecule has 0 atom stereocenters. The number of benzene rings is 1. The zero-order chi connectivity index (χ0) is 13.2. The van der Waals surface area contributed by atoms with Gasteiger partial charge in [-0.2, -0.15) is 10.2 Å². The Morgan fingerprint density at radius 1 is 1.37 bits per heavy atom. The standard InChI is InChI=1S/C14H15N3O2/c18-14(19)9-17(8-10-5-6-10)13-7-15-16-12-4-2-1-3-11(12)13/h1-4,7,10H,5-6,8-9H2,(H,18,19). The summed E-state index contributed by atoms with van der Waals surface area (Å²) in [5.41, 5.74) is 1.66. The Bertz CT molecular complexity index is 605. The van der Waals surface area contributed by atoms with Crippen LogP contribution in [-0.4, -0.2) is 34.4 Å². The molecule has 1 saturated carbocycles. The lowest BCUT2D eigenvalue weighted by molar-refractivity contribution is -0.135. The van der Waals surface area contributed by atoms with Crippen LogP contribution in [0.5, 0.6) is 0 Å². The van der Waals surface area contributed by atoms with Gasteiger partial charge >= 0.3 is 5.97 Å². The van der Waals surface area contributed by atoms with Gasteiger partial charge < -0.3 is 10.0 Å². The van der Waals surface area contributed by atoms with Crippen LogP contribution in [0.2, 0.25) is 0 Å². The van der Waals surface area contributed by atoms with E-state index >= 15 is 0 Å². The van der Waals surface area contributed by atoms with Crippen molar-refractivity contribution in [1.29, 1.82) is 0 Å². The summed E-state index contributed by atoms with van der Waals surface area (Å²) in [6, 6.07) is 7.69. The highest BCUT2D eigenvalue weighted by molar-refractivity contribution is 5.92. The van der Waals surface area contributed by atoms with E-state index < -0.39 is 5.97 Å². The third-order valence-corrected chi connectivity index (χ3v) is 3.37. The molecule has 0 aliphatic heterocycles. The van der Waals surface area contributed by atoms with Crippen molar-refractivity contribution in [3.8, 4) is 0 Å². The fourth-order valence-corrected chi connectivity index (χ4v) is 2.27. The zero-order valence-corrected chi connectivity index (χ0v) is 10.5. The van der Waals surface area contributed by atoms with Crippen LogP contribution in [0, 0.1) is 5.92 Å². The highest BCUT2D eigenvalue weighted by Crippen LogP contribution is 2.33. The predicted octanol–water partition coefficient (Wildman–Crippen LogP) is 1.93. The number of fused-ring (bicyclic) bond motifs is 1. The molecule has 1 heterocycles. The average molecular weight is 257 g/mol. The third-order valence-electron chi connectivity index (χ3n) is 3.37. The van der Waals surface area contributed by atoms with Gasteiger partial charge in [0.05, 0.1) is 17.4 Å². The number of aromatic nitrogens is 2. The number of carboxylic acid groups (broad SMARTS) is 1. The van der Waals surface area contributed by atoms with Crippen molar-refractivity contribution in [1.82, 2.24) is 10.2 Å². The molecule has 1 N–H and O–H groups in total. The number of carboxylic acids is 1. The first-order valence-electron chi connectivity index (χ1n) is 6.41. The smallest absolute Gasteiger partial charge is 0.323 e. The minimum Gasteiger partial charge on any atom is -0.480 e. The van der Waals surface area contributed by atoms with Crippen LogP contribution in [0.1, 0.15) is 12.8 Å². The molecule has 0 amide bonds. The van der Waals surface area contributed by atoms with E-state index in [-0.39, 0.29) is 6.54 Å². The van der Waals surface area contributed by atoms with Crippen LogP contribution in [-0.2, 0) is 4.79 Å². The average Bonchev–Trinajstić information content (AvgIpc) is 3.21. The monoisotopic (exact) mass is 257 g/mol. The molecular formula is C14H15N3O2. The SMILES string of the molecule is O=C(O)CN(CC1CC1)c1cnnc2ccccc12. The fraction of sp³-hybridized carbons (Fsp3) is 0.357. The van der Waals surface area contributed by atoms with Crippen molar-refractivity contribution < 1.29 is 9.90 Å². The summed E-state index contributed by atoms with van der Waals surface area (Å²) in [7, 11) is 0. The Morgan fingerprint density at radius 2 is 2.16 bits per heavy atom. The summed E-state index contributed by atoms with van der Waals surface area (Å²) in [5, 5.41) is 18.1. The topological polar surface area (TPSA) is 66.3 Å². The fourth-order valence-electron chi connectivity index (χ4n) is 2.27. The quantitative estimate of drug-likeness (QED) is 0.886. The van der Waals surface area contributed by atoms with E-state index in [4.69, 9.17) is 5.11 Å². The molecule has 0 saturated heterocycles. The summed E-state index contributed by atoms with van der Waals surface area (Å²) in [4.78, 5) is 12.9. The second kappa shape index (κ2) is 4.84. The van der Waals surface area contributed by atoms with Crippen LogP contribution in [0.4, 0.5) is 5.69 Å². The number of hydrogen-bond donors (Lipinski definition) is 1. The van der Waals surface area contributed by atoms with Crippen LogP contribution in [0.25, 0.3) is 10.9 Å². The number of hydrogen-bond acceptors (Lipinski definition) is 4. The van der Waals surface area contributed by atoms with Gasteiger partial charge in [-0.3, -0.25) is 4.79 Å². The van der Waals surface area contributed by atoms with Crippen molar-refractivity contribution in [3.63, 3.8) is 0 Å². The highest BCUT2D eigenvalue weighted by atomic mass is 16.4. The molecule has 1 aliphatic rings. The molecule has 1 aromatic carbocycles. The van der Waals surface area contributed by atoms with Crippen molar-refractivity contribution in [2.75, 3.05) is 18.0 Å². The van der Waals surface area contributed by atoms with Crippen molar-refractivity contribution >= 4 is 22.6 Å². The van der Waals surface area contributed by atoms with Gasteiger partial charge in [0.25, 0.3) is 0 Å². The Kier molecular flexibility index (Phi) is 3.03. The van der Waals surface area contributed by atoms with Gasteiger partial charge in [0.1, 0.15) is 6.54 Å². The van der Waals surface area contributed by atoms with Crippen LogP contribution in [0.15, 0.2) is 30.5 Å². The normalized spacial score (nSPS) is 14.5. The lowest BCUT2D eigenvalue weighted by Crippen LogP contribution is -2.31. The molecule has 19 heavy (non-hydrogen) atoms. The molecule has 0 unspecified atom stereocenters. The van der Waals surface area contributed by atoms with E-state index in [0.717, 1.165) is 23.1 Å². The molecule has 5 heteroatoms. The third kappa shape index (κ3) is 2.65. The molecule has 1 aliphatic carbocycles. The summed E-state index contributed by atoms with van der Waals surface area (Å²) < 4.78 is 0. The zero-order valence-electron chi connectivity index (χ0n) is 10.5. The second-order valence-electron chi connectivity index (χ2n) is 4.96. The number of carbonyl (C=O) groups is 1. The van der Waals surface area contributed by atoms with Crippen LogP contribution < -0.4 is 4.90 Å². The van der Waals surface area contributed by atoms with E-state index in [1.807, 2.05) is 29.2 Å². The van der Waals surface area contributed by atoms with E-state index in [1.165, 1.54) is 12.8 Å². The number of rotatable bonds is 5. The van der Waals surface area contributed by atoms with Gasteiger partial charge in [0.15, 0.2) is 0 Å². The molecule has 0 spiro atoms. The van der Waals surface area contributed by atoms with E-state index in [9.17, 15) is 4.79 Å². The molecule has 2 aromatic rings. The molecule has 3 rings (SSSR count). The van der Waals surface area contributed by atoms with Crippen molar-refractivity contribution in [3.05, 3.63) is 30.5 Å². The Morgan fingerprint density at radius 3 is 2.89 bits per heavy atom. The summed E-state index contributed by atoms with van der Waals surface area (Å²) in [5.74, 6) is -0.201. The van der Waals surface area contributed by atoms with Gasteiger partial charge in [-0.05, 0) is 24.8 Å². The van der Waals surface area contributed by atoms with Crippen LogP contribution >= 0.6 is 0 Å². The largest absolute Gasteiger partial charge is 0.480 e. The maximum atomic E-state index is 11.0. The molecule has 0 radical (unpaired) electrons. The molecular weight excluding hydrogens is 242 g/mol. The van der Waals surface area contributed by atoms with Crippen molar-refractivity contribution in [2.45, 2.75) is 12.8 Å². The van der Waals surface area contributed by atoms with Gasteiger partial charge in [-0.1, -0.05) is 18.2 Å². The molecule has 1 aromatic heterocycles. The summed E-state index contributed by atoms with van der Waals surface area (Å²) in [6.45, 7) is 0.786. The molecule has 1 fully saturated rings. The van der Waals surface area contributed by atoms with E-state index in [1.54, 1.807) is 6.20 Å². The van der Waals surface area contributed by atoms with E-state index in [2.05, 4.69) is 10.2 Å². The number of nitrogens with zero attached hydrogens (tertiary/aromatic N) is 3. The molecule has 5 nitrogen and oxygen atoms in total. The Hall–Kier alpha value is -2.17. The van der Waals surface area contributed by atoms with Crippen LogP contribution in [0.3, 0.4) is 0 Å². The Labute approximate surface area is 110 Å². The van der Waals surface area contributed by atoms with Gasteiger partial charge in [0.2, 0.25) is 0 Å². The second-order valence-corrected chi connectivity index (χ2v) is 4.96. The van der Waals surface area contributed by atoms with E-state index in [0.29, 0.717) is 5.92 Å².